The molecule has 0 amide bonds. The molecule has 1 fully saturated rings. The second kappa shape index (κ2) is 5.88. The van der Waals surface area contributed by atoms with E-state index >= 15 is 0 Å². The normalized spacial score (nSPS) is 17.9. The Kier molecular flexibility index (Phi) is 3.99. The van der Waals surface area contributed by atoms with Crippen molar-refractivity contribution >= 4 is 11.3 Å². The van der Waals surface area contributed by atoms with Crippen LogP contribution in [-0.2, 0) is 11.3 Å². The van der Waals surface area contributed by atoms with Crippen molar-refractivity contribution in [1.82, 2.24) is 9.55 Å². The Morgan fingerprint density at radius 1 is 1.47 bits per heavy atom. The molecule has 0 saturated heterocycles. The summed E-state index contributed by atoms with van der Waals surface area (Å²) in [5.74, 6) is 1.90. The van der Waals surface area contributed by atoms with Gasteiger partial charge in [-0.2, -0.15) is 0 Å². The van der Waals surface area contributed by atoms with Crippen molar-refractivity contribution in [3.8, 4) is 0 Å². The molecule has 3 nitrogen and oxygen atoms in total. The van der Waals surface area contributed by atoms with Crippen molar-refractivity contribution in [1.29, 1.82) is 0 Å². The van der Waals surface area contributed by atoms with Crippen LogP contribution in [-0.4, -0.2) is 16.7 Å². The third-order valence-electron chi connectivity index (χ3n) is 3.98. The zero-order valence-corrected chi connectivity index (χ0v) is 12.1. The maximum Gasteiger partial charge on any atom is 0.111 e. The van der Waals surface area contributed by atoms with Gasteiger partial charge in [0.1, 0.15) is 11.9 Å². The average molecular weight is 276 g/mol. The first-order valence-electron chi connectivity index (χ1n) is 6.95. The monoisotopic (exact) mass is 276 g/mol. The molecule has 0 unspecified atom stereocenters. The predicted molar refractivity (Wildman–Crippen MR) is 77.5 cm³/mol. The van der Waals surface area contributed by atoms with Crippen molar-refractivity contribution in [2.75, 3.05) is 7.11 Å². The van der Waals surface area contributed by atoms with E-state index in [2.05, 4.69) is 33.3 Å². The number of aromatic nitrogens is 2. The van der Waals surface area contributed by atoms with Gasteiger partial charge in [0.15, 0.2) is 0 Å². The third-order valence-corrected chi connectivity index (χ3v) is 4.94. The molecule has 1 atom stereocenters. The lowest BCUT2D eigenvalue weighted by Crippen LogP contribution is -2.13. The molecule has 1 saturated carbocycles. The van der Waals surface area contributed by atoms with E-state index in [4.69, 9.17) is 4.74 Å². The van der Waals surface area contributed by atoms with Crippen LogP contribution in [0.25, 0.3) is 0 Å². The molecule has 0 N–H and O–H groups in total. The summed E-state index contributed by atoms with van der Waals surface area (Å²) in [6, 6.07) is 4.23. The average Bonchev–Trinajstić information content (AvgIpc) is 3.15. The van der Waals surface area contributed by atoms with Crippen LogP contribution in [0.15, 0.2) is 29.9 Å². The van der Waals surface area contributed by atoms with Gasteiger partial charge in [-0.1, -0.05) is 18.9 Å². The van der Waals surface area contributed by atoms with Gasteiger partial charge in [-0.15, -0.1) is 11.3 Å². The maximum atomic E-state index is 5.65. The standard InChI is InChI=1S/C15H20N2OS/c1-18-13(14-7-4-10-19-14)11-17-9-8-16-15(17)12-5-2-3-6-12/h4,7-10,12-13H,2-3,5-6,11H2,1H3/t13-/m0/s1. The summed E-state index contributed by atoms with van der Waals surface area (Å²) in [4.78, 5) is 5.86. The lowest BCUT2D eigenvalue weighted by atomic mass is 10.1. The first kappa shape index (κ1) is 12.9. The number of thiophene rings is 1. The molecule has 1 aliphatic carbocycles. The molecule has 0 spiro atoms. The van der Waals surface area contributed by atoms with E-state index in [0.717, 1.165) is 6.54 Å². The number of hydrogen-bond acceptors (Lipinski definition) is 3. The Morgan fingerprint density at radius 3 is 3.00 bits per heavy atom. The molecule has 1 aliphatic rings. The van der Waals surface area contributed by atoms with Crippen molar-refractivity contribution in [3.05, 3.63) is 40.6 Å². The van der Waals surface area contributed by atoms with Gasteiger partial charge in [0, 0.05) is 30.3 Å². The molecule has 102 valence electrons. The van der Waals surface area contributed by atoms with E-state index in [0.29, 0.717) is 5.92 Å². The van der Waals surface area contributed by atoms with Crippen molar-refractivity contribution in [2.45, 2.75) is 44.2 Å². The SMILES string of the molecule is CO[C@@H](Cn1ccnc1C1CCCC1)c1cccs1. The second-order valence-corrected chi connectivity index (χ2v) is 6.14. The number of methoxy groups -OCH3 is 1. The molecule has 19 heavy (non-hydrogen) atoms. The van der Waals surface area contributed by atoms with E-state index in [9.17, 15) is 0 Å². The van der Waals surface area contributed by atoms with E-state index in [1.54, 1.807) is 18.4 Å². The Hall–Kier alpha value is -1.13. The molecule has 2 heterocycles. The van der Waals surface area contributed by atoms with Crippen molar-refractivity contribution in [2.24, 2.45) is 0 Å². The minimum Gasteiger partial charge on any atom is -0.374 e. The van der Waals surface area contributed by atoms with Crippen molar-refractivity contribution in [3.63, 3.8) is 0 Å². The Balaban J connectivity index is 1.77. The minimum atomic E-state index is 0.134. The van der Waals surface area contributed by atoms with E-state index in [-0.39, 0.29) is 6.10 Å². The van der Waals surface area contributed by atoms with Crippen LogP contribution < -0.4 is 0 Å². The minimum absolute atomic E-state index is 0.134. The van der Waals surface area contributed by atoms with E-state index in [1.165, 1.54) is 36.4 Å². The fraction of sp³-hybridized carbons (Fsp3) is 0.533. The highest BCUT2D eigenvalue weighted by molar-refractivity contribution is 7.10. The maximum absolute atomic E-state index is 5.65. The molecule has 0 bridgehead atoms. The largest absolute Gasteiger partial charge is 0.374 e. The topological polar surface area (TPSA) is 27.1 Å². The molecule has 0 aliphatic heterocycles. The van der Waals surface area contributed by atoms with Crippen LogP contribution in [0.3, 0.4) is 0 Å². The van der Waals surface area contributed by atoms with Crippen LogP contribution in [0.4, 0.5) is 0 Å². The summed E-state index contributed by atoms with van der Waals surface area (Å²) in [7, 11) is 1.79. The lowest BCUT2D eigenvalue weighted by molar-refractivity contribution is 0.0896. The molecule has 0 aromatic carbocycles. The lowest BCUT2D eigenvalue weighted by Gasteiger charge is -2.18. The number of rotatable bonds is 5. The number of hydrogen-bond donors (Lipinski definition) is 0. The van der Waals surface area contributed by atoms with E-state index in [1.807, 2.05) is 6.20 Å². The van der Waals surface area contributed by atoms with Gasteiger partial charge in [0.2, 0.25) is 0 Å². The smallest absolute Gasteiger partial charge is 0.111 e. The molecule has 2 aromatic rings. The first-order valence-corrected chi connectivity index (χ1v) is 7.83. The second-order valence-electron chi connectivity index (χ2n) is 5.16. The fourth-order valence-corrected chi connectivity index (χ4v) is 3.75. The van der Waals surface area contributed by atoms with Crippen LogP contribution in [0.5, 0.6) is 0 Å². The van der Waals surface area contributed by atoms with Gasteiger partial charge in [0.25, 0.3) is 0 Å². The molecule has 2 aromatic heterocycles. The predicted octanol–water partition coefficient (Wildman–Crippen LogP) is 3.99. The Morgan fingerprint density at radius 2 is 2.32 bits per heavy atom. The van der Waals surface area contributed by atoms with Gasteiger partial charge < -0.3 is 9.30 Å². The highest BCUT2D eigenvalue weighted by Gasteiger charge is 2.23. The molecular weight excluding hydrogens is 256 g/mol. The number of ether oxygens (including phenoxy) is 1. The van der Waals surface area contributed by atoms with E-state index < -0.39 is 0 Å². The number of imidazole rings is 1. The summed E-state index contributed by atoms with van der Waals surface area (Å²) < 4.78 is 7.93. The van der Waals surface area contributed by atoms with Crippen LogP contribution in [0.2, 0.25) is 0 Å². The Bertz CT molecular complexity index is 500. The molecular formula is C15H20N2OS. The van der Waals surface area contributed by atoms with Crippen LogP contribution in [0, 0.1) is 0 Å². The summed E-state index contributed by atoms with van der Waals surface area (Å²) in [6.45, 7) is 0.864. The van der Waals surface area contributed by atoms with Gasteiger partial charge in [0.05, 0.1) is 6.54 Å². The number of nitrogens with zero attached hydrogens (tertiary/aromatic N) is 2. The van der Waals surface area contributed by atoms with Gasteiger partial charge in [-0.3, -0.25) is 0 Å². The van der Waals surface area contributed by atoms with Crippen LogP contribution >= 0.6 is 11.3 Å². The highest BCUT2D eigenvalue weighted by atomic mass is 32.1. The van der Waals surface area contributed by atoms with Crippen LogP contribution in [0.1, 0.15) is 48.4 Å². The fourth-order valence-electron chi connectivity index (χ4n) is 2.95. The van der Waals surface area contributed by atoms with Gasteiger partial charge in [-0.05, 0) is 24.3 Å². The zero-order valence-electron chi connectivity index (χ0n) is 11.3. The summed E-state index contributed by atoms with van der Waals surface area (Å²) >= 11 is 1.76. The summed E-state index contributed by atoms with van der Waals surface area (Å²) in [5, 5.41) is 2.10. The first-order chi connectivity index (χ1) is 9.38. The van der Waals surface area contributed by atoms with Gasteiger partial charge in [-0.25, -0.2) is 4.98 Å². The molecule has 0 radical (unpaired) electrons. The quantitative estimate of drug-likeness (QED) is 0.825. The Labute approximate surface area is 118 Å². The van der Waals surface area contributed by atoms with Gasteiger partial charge >= 0.3 is 0 Å². The zero-order chi connectivity index (χ0) is 13.1. The summed E-state index contributed by atoms with van der Waals surface area (Å²) in [6.07, 6.45) is 9.41. The summed E-state index contributed by atoms with van der Waals surface area (Å²) in [5.41, 5.74) is 0. The van der Waals surface area contributed by atoms with Crippen molar-refractivity contribution < 1.29 is 4.74 Å². The molecule has 4 heteroatoms. The highest BCUT2D eigenvalue weighted by Crippen LogP contribution is 2.34. The third kappa shape index (κ3) is 2.74. The molecule has 3 rings (SSSR count).